The average molecular weight is 545 g/mol. The summed E-state index contributed by atoms with van der Waals surface area (Å²) in [5.74, 6) is -0.419. The molecule has 4 N–H and O–H groups in total. The van der Waals surface area contributed by atoms with Gasteiger partial charge in [-0.25, -0.2) is 0 Å². The van der Waals surface area contributed by atoms with E-state index in [0.717, 1.165) is 38.5 Å². The van der Waals surface area contributed by atoms with Crippen molar-refractivity contribution in [3.63, 3.8) is 0 Å². The number of carbonyl (C=O) groups is 2. The number of unbranched alkanes of at least 4 members (excludes halogenated alkanes) is 16. The summed E-state index contributed by atoms with van der Waals surface area (Å²) in [5, 5.41) is 38.5. The van der Waals surface area contributed by atoms with Crippen molar-refractivity contribution in [3.8, 4) is 0 Å². The molecule has 0 saturated carbocycles. The summed E-state index contributed by atoms with van der Waals surface area (Å²) < 4.78 is 5.18. The van der Waals surface area contributed by atoms with E-state index in [2.05, 4.69) is 13.8 Å². The number of aliphatic hydroxyl groups is 4. The van der Waals surface area contributed by atoms with Crippen LogP contribution < -0.4 is 0 Å². The van der Waals surface area contributed by atoms with E-state index in [9.17, 15) is 24.9 Å². The number of rotatable bonds is 28. The third-order valence-electron chi connectivity index (χ3n) is 7.56. The molecule has 7 nitrogen and oxygen atoms in total. The van der Waals surface area contributed by atoms with Crippen LogP contribution >= 0.6 is 0 Å². The van der Waals surface area contributed by atoms with Crippen LogP contribution in [0.25, 0.3) is 0 Å². The third-order valence-corrected chi connectivity index (χ3v) is 7.56. The molecule has 0 amide bonds. The molecule has 38 heavy (non-hydrogen) atoms. The van der Waals surface area contributed by atoms with Crippen LogP contribution in [0.5, 0.6) is 0 Å². The zero-order valence-electron chi connectivity index (χ0n) is 24.5. The minimum absolute atomic E-state index is 0.161. The standard InChI is InChI=1S/C31H60O7/c1-3-5-7-9-11-13-14-16-18-20-22-26(21-19-17-15-12-10-8-6-4-2)23-29(35)38-28(25-33)31(37)30(36)27(34)24-32/h25-28,30-32,34,36-37H,3-24H2,1-2H3/t26?,27-,28+,30-,31-/m1/s1. The van der Waals surface area contributed by atoms with Gasteiger partial charge in [0.15, 0.2) is 12.4 Å². The van der Waals surface area contributed by atoms with Gasteiger partial charge in [-0.05, 0) is 18.8 Å². The van der Waals surface area contributed by atoms with E-state index in [1.807, 2.05) is 0 Å². The van der Waals surface area contributed by atoms with Crippen molar-refractivity contribution in [2.45, 2.75) is 173 Å². The topological polar surface area (TPSA) is 124 Å². The average Bonchev–Trinajstić information content (AvgIpc) is 2.92. The predicted molar refractivity (Wildman–Crippen MR) is 153 cm³/mol. The van der Waals surface area contributed by atoms with E-state index in [-0.39, 0.29) is 18.6 Å². The Morgan fingerprint density at radius 2 is 1.05 bits per heavy atom. The molecular weight excluding hydrogens is 484 g/mol. The number of esters is 1. The quantitative estimate of drug-likeness (QED) is 0.0539. The number of hydrogen-bond donors (Lipinski definition) is 4. The van der Waals surface area contributed by atoms with Crippen LogP contribution in [0.1, 0.15) is 149 Å². The van der Waals surface area contributed by atoms with Gasteiger partial charge in [-0.15, -0.1) is 0 Å². The molecule has 0 radical (unpaired) electrons. The highest BCUT2D eigenvalue weighted by molar-refractivity contribution is 5.73. The minimum atomic E-state index is -1.80. The van der Waals surface area contributed by atoms with Crippen molar-refractivity contribution >= 4 is 12.3 Å². The largest absolute Gasteiger partial charge is 0.452 e. The zero-order chi connectivity index (χ0) is 28.4. The molecule has 0 aliphatic rings. The molecule has 0 heterocycles. The summed E-state index contributed by atoms with van der Waals surface area (Å²) in [6.07, 6.45) is 17.9. The lowest BCUT2D eigenvalue weighted by molar-refractivity contribution is -0.169. The highest BCUT2D eigenvalue weighted by Gasteiger charge is 2.33. The van der Waals surface area contributed by atoms with Crippen molar-refractivity contribution < 1.29 is 34.8 Å². The van der Waals surface area contributed by atoms with Crippen molar-refractivity contribution in [2.75, 3.05) is 6.61 Å². The molecule has 0 aromatic heterocycles. The van der Waals surface area contributed by atoms with Crippen LogP contribution in [0, 0.1) is 5.92 Å². The van der Waals surface area contributed by atoms with Crippen molar-refractivity contribution in [1.29, 1.82) is 0 Å². The van der Waals surface area contributed by atoms with Gasteiger partial charge in [-0.2, -0.15) is 0 Å². The molecule has 0 spiro atoms. The second-order valence-corrected chi connectivity index (χ2v) is 11.1. The summed E-state index contributed by atoms with van der Waals surface area (Å²) in [5.41, 5.74) is 0. The summed E-state index contributed by atoms with van der Waals surface area (Å²) in [6, 6.07) is 0. The first-order valence-corrected chi connectivity index (χ1v) is 15.7. The Kier molecular flexibility index (Phi) is 25.5. The molecule has 0 saturated heterocycles. The summed E-state index contributed by atoms with van der Waals surface area (Å²) >= 11 is 0. The predicted octanol–water partition coefficient (Wildman–Crippen LogP) is 6.02. The van der Waals surface area contributed by atoms with Crippen molar-refractivity contribution in [3.05, 3.63) is 0 Å². The number of aliphatic hydroxyl groups excluding tert-OH is 4. The Balaban J connectivity index is 4.56. The first kappa shape index (κ1) is 37.0. The second kappa shape index (κ2) is 26.2. The van der Waals surface area contributed by atoms with Gasteiger partial charge in [-0.3, -0.25) is 9.59 Å². The van der Waals surface area contributed by atoms with Crippen LogP contribution in [-0.4, -0.2) is 63.7 Å². The van der Waals surface area contributed by atoms with E-state index < -0.39 is 37.0 Å². The second-order valence-electron chi connectivity index (χ2n) is 11.1. The summed E-state index contributed by atoms with van der Waals surface area (Å²) in [6.45, 7) is 3.68. The molecule has 226 valence electrons. The monoisotopic (exact) mass is 544 g/mol. The third kappa shape index (κ3) is 20.0. The van der Waals surface area contributed by atoms with Crippen LogP contribution in [0.2, 0.25) is 0 Å². The fraction of sp³-hybridized carbons (Fsp3) is 0.935. The Bertz CT molecular complexity index is 542. The van der Waals surface area contributed by atoms with Crippen LogP contribution in [0.3, 0.4) is 0 Å². The van der Waals surface area contributed by atoms with Gasteiger partial charge in [0.05, 0.1) is 6.61 Å². The molecule has 0 bridgehead atoms. The Morgan fingerprint density at radius 1 is 0.658 bits per heavy atom. The number of aldehydes is 1. The molecule has 1 unspecified atom stereocenters. The van der Waals surface area contributed by atoms with Gasteiger partial charge in [0, 0.05) is 6.42 Å². The van der Waals surface area contributed by atoms with Crippen LogP contribution in [0.4, 0.5) is 0 Å². The molecule has 0 aromatic rings. The van der Waals surface area contributed by atoms with Gasteiger partial charge >= 0.3 is 5.97 Å². The van der Waals surface area contributed by atoms with Crippen LogP contribution in [0.15, 0.2) is 0 Å². The SMILES string of the molecule is CCCCCCCCCCCCC(CCCCCCCCCC)CC(=O)O[C@@H](C=O)[C@@H](O)[C@H](O)[C@H](O)CO. The lowest BCUT2D eigenvalue weighted by Gasteiger charge is -2.26. The van der Waals surface area contributed by atoms with E-state index in [0.29, 0.717) is 0 Å². The summed E-state index contributed by atoms with van der Waals surface area (Å²) in [4.78, 5) is 24.0. The smallest absolute Gasteiger partial charge is 0.306 e. The highest BCUT2D eigenvalue weighted by atomic mass is 16.6. The molecular formula is C31H60O7. The molecule has 0 aromatic carbocycles. The first-order valence-electron chi connectivity index (χ1n) is 15.7. The Morgan fingerprint density at radius 3 is 1.42 bits per heavy atom. The van der Waals surface area contributed by atoms with E-state index in [4.69, 9.17) is 9.84 Å². The molecule has 0 rings (SSSR count). The van der Waals surface area contributed by atoms with Crippen molar-refractivity contribution in [1.82, 2.24) is 0 Å². The van der Waals surface area contributed by atoms with Gasteiger partial charge < -0.3 is 25.2 Å². The van der Waals surface area contributed by atoms with Crippen LogP contribution in [-0.2, 0) is 14.3 Å². The highest BCUT2D eigenvalue weighted by Crippen LogP contribution is 2.23. The fourth-order valence-electron chi connectivity index (χ4n) is 4.98. The Labute approximate surface area is 232 Å². The summed E-state index contributed by atoms with van der Waals surface area (Å²) in [7, 11) is 0. The van der Waals surface area contributed by atoms with Gasteiger partial charge in [0.2, 0.25) is 0 Å². The molecule has 0 fully saturated rings. The van der Waals surface area contributed by atoms with E-state index in [1.165, 1.54) is 89.9 Å². The maximum absolute atomic E-state index is 12.6. The van der Waals surface area contributed by atoms with E-state index >= 15 is 0 Å². The maximum atomic E-state index is 12.6. The lowest BCUT2D eigenvalue weighted by atomic mass is 9.91. The Hall–Kier alpha value is -1.02. The lowest BCUT2D eigenvalue weighted by Crippen LogP contribution is -2.48. The minimum Gasteiger partial charge on any atom is -0.452 e. The molecule has 7 heteroatoms. The molecule has 5 atom stereocenters. The number of hydrogen-bond acceptors (Lipinski definition) is 7. The normalized spacial score (nSPS) is 15.5. The van der Waals surface area contributed by atoms with Gasteiger partial charge in [0.1, 0.15) is 18.3 Å². The number of ether oxygens (including phenoxy) is 1. The van der Waals surface area contributed by atoms with Crippen molar-refractivity contribution in [2.24, 2.45) is 5.92 Å². The molecule has 0 aliphatic carbocycles. The zero-order valence-corrected chi connectivity index (χ0v) is 24.5. The van der Waals surface area contributed by atoms with Gasteiger partial charge in [-0.1, -0.05) is 129 Å². The van der Waals surface area contributed by atoms with Gasteiger partial charge in [0.25, 0.3) is 0 Å². The fourth-order valence-corrected chi connectivity index (χ4v) is 4.98. The van der Waals surface area contributed by atoms with E-state index in [1.54, 1.807) is 0 Å². The maximum Gasteiger partial charge on any atom is 0.306 e. The number of carbonyl (C=O) groups excluding carboxylic acids is 2. The first-order chi connectivity index (χ1) is 18.4. The molecule has 0 aliphatic heterocycles.